The van der Waals surface area contributed by atoms with Crippen molar-refractivity contribution in [1.82, 2.24) is 4.90 Å². The van der Waals surface area contributed by atoms with Crippen molar-refractivity contribution in [3.8, 4) is 0 Å². The standard InChI is InChI=1S/C12H24N2O2/c1-9(2)5-6-12(16)14-7-3-4-10(13)11(15)8-14/h9-11,15H,3-8,13H2,1-2H3. The van der Waals surface area contributed by atoms with E-state index in [9.17, 15) is 9.90 Å². The molecule has 1 aliphatic rings. The number of nitrogens with two attached hydrogens (primary N) is 1. The van der Waals surface area contributed by atoms with E-state index >= 15 is 0 Å². The first-order valence-corrected chi connectivity index (χ1v) is 6.22. The highest BCUT2D eigenvalue weighted by molar-refractivity contribution is 5.76. The molecule has 1 heterocycles. The number of amides is 1. The Hall–Kier alpha value is -0.610. The fourth-order valence-corrected chi connectivity index (χ4v) is 1.96. The number of hydrogen-bond acceptors (Lipinski definition) is 3. The zero-order valence-electron chi connectivity index (χ0n) is 10.4. The van der Waals surface area contributed by atoms with Gasteiger partial charge >= 0.3 is 0 Å². The molecule has 2 unspecified atom stereocenters. The molecule has 0 bridgehead atoms. The van der Waals surface area contributed by atoms with Crippen LogP contribution in [0.3, 0.4) is 0 Å². The van der Waals surface area contributed by atoms with Crippen LogP contribution in [0.5, 0.6) is 0 Å². The minimum Gasteiger partial charge on any atom is -0.390 e. The van der Waals surface area contributed by atoms with Gasteiger partial charge in [-0.25, -0.2) is 0 Å². The molecule has 4 heteroatoms. The lowest BCUT2D eigenvalue weighted by atomic mass is 10.1. The Bertz CT molecular complexity index is 231. The van der Waals surface area contributed by atoms with Gasteiger partial charge in [0, 0.05) is 25.6 Å². The summed E-state index contributed by atoms with van der Waals surface area (Å²) in [5.74, 6) is 0.699. The number of rotatable bonds is 3. The summed E-state index contributed by atoms with van der Waals surface area (Å²) in [6.45, 7) is 5.36. The quantitative estimate of drug-likeness (QED) is 0.748. The average Bonchev–Trinajstić information content (AvgIpc) is 2.38. The van der Waals surface area contributed by atoms with Crippen LogP contribution >= 0.6 is 0 Å². The van der Waals surface area contributed by atoms with Gasteiger partial charge in [0.05, 0.1) is 6.10 Å². The molecule has 94 valence electrons. The van der Waals surface area contributed by atoms with Crippen LogP contribution in [-0.2, 0) is 4.79 Å². The summed E-state index contributed by atoms with van der Waals surface area (Å²) >= 11 is 0. The molecule has 3 N–H and O–H groups in total. The minimum atomic E-state index is -0.564. The van der Waals surface area contributed by atoms with Gasteiger partial charge in [0.2, 0.25) is 5.91 Å². The number of carbonyl (C=O) groups excluding carboxylic acids is 1. The first-order chi connectivity index (χ1) is 7.50. The molecule has 1 rings (SSSR count). The minimum absolute atomic E-state index is 0.154. The van der Waals surface area contributed by atoms with Crippen molar-refractivity contribution in [2.24, 2.45) is 11.7 Å². The van der Waals surface area contributed by atoms with Gasteiger partial charge in [-0.1, -0.05) is 13.8 Å². The Morgan fingerprint density at radius 3 is 2.88 bits per heavy atom. The maximum absolute atomic E-state index is 11.9. The Morgan fingerprint density at radius 2 is 2.25 bits per heavy atom. The molecule has 1 amide bonds. The summed E-state index contributed by atoms with van der Waals surface area (Å²) in [6, 6.07) is -0.178. The Morgan fingerprint density at radius 1 is 1.56 bits per heavy atom. The van der Waals surface area contributed by atoms with Crippen LogP contribution in [0.2, 0.25) is 0 Å². The number of hydrogen-bond donors (Lipinski definition) is 2. The van der Waals surface area contributed by atoms with Crippen molar-refractivity contribution in [2.45, 2.75) is 51.7 Å². The molecule has 4 nitrogen and oxygen atoms in total. The Kier molecular flexibility index (Phi) is 5.22. The number of nitrogens with zero attached hydrogens (tertiary/aromatic N) is 1. The molecule has 1 saturated heterocycles. The fourth-order valence-electron chi connectivity index (χ4n) is 1.96. The second-order valence-corrected chi connectivity index (χ2v) is 5.15. The van der Waals surface area contributed by atoms with Crippen molar-refractivity contribution in [3.63, 3.8) is 0 Å². The number of carbonyl (C=O) groups is 1. The van der Waals surface area contributed by atoms with Gasteiger partial charge in [-0.15, -0.1) is 0 Å². The summed E-state index contributed by atoms with van der Waals surface area (Å²) in [4.78, 5) is 13.6. The van der Waals surface area contributed by atoms with Gasteiger partial charge in [0.25, 0.3) is 0 Å². The second kappa shape index (κ2) is 6.21. The van der Waals surface area contributed by atoms with E-state index in [-0.39, 0.29) is 11.9 Å². The van der Waals surface area contributed by atoms with E-state index in [1.165, 1.54) is 0 Å². The monoisotopic (exact) mass is 228 g/mol. The molecule has 0 radical (unpaired) electrons. The third-order valence-corrected chi connectivity index (χ3v) is 3.16. The largest absolute Gasteiger partial charge is 0.390 e. The van der Waals surface area contributed by atoms with Crippen molar-refractivity contribution in [2.75, 3.05) is 13.1 Å². The highest BCUT2D eigenvalue weighted by Gasteiger charge is 2.25. The van der Waals surface area contributed by atoms with Crippen molar-refractivity contribution >= 4 is 5.91 Å². The third-order valence-electron chi connectivity index (χ3n) is 3.16. The average molecular weight is 228 g/mol. The SMILES string of the molecule is CC(C)CCC(=O)N1CCCC(N)C(O)C1. The molecule has 0 saturated carbocycles. The van der Waals surface area contributed by atoms with Crippen LogP contribution in [0.1, 0.15) is 39.5 Å². The zero-order valence-corrected chi connectivity index (χ0v) is 10.4. The Labute approximate surface area is 97.8 Å². The van der Waals surface area contributed by atoms with Crippen LogP contribution in [0.4, 0.5) is 0 Å². The highest BCUT2D eigenvalue weighted by Crippen LogP contribution is 2.13. The topological polar surface area (TPSA) is 66.6 Å². The zero-order chi connectivity index (χ0) is 12.1. The van der Waals surface area contributed by atoms with E-state index in [0.717, 1.165) is 25.8 Å². The van der Waals surface area contributed by atoms with E-state index in [1.807, 2.05) is 0 Å². The summed E-state index contributed by atoms with van der Waals surface area (Å²) < 4.78 is 0. The summed E-state index contributed by atoms with van der Waals surface area (Å²) in [7, 11) is 0. The second-order valence-electron chi connectivity index (χ2n) is 5.15. The highest BCUT2D eigenvalue weighted by atomic mass is 16.3. The number of aliphatic hydroxyl groups excluding tert-OH is 1. The summed E-state index contributed by atoms with van der Waals surface area (Å²) in [5.41, 5.74) is 5.77. The van der Waals surface area contributed by atoms with Gasteiger partial charge in [-0.2, -0.15) is 0 Å². The molecule has 2 atom stereocenters. The number of β-amino-alcohol motifs (C(OH)–C–C–N with tert-alkyl or cyclic N) is 1. The first kappa shape index (κ1) is 13.5. The number of aliphatic hydroxyl groups is 1. The van der Waals surface area contributed by atoms with E-state index in [1.54, 1.807) is 4.90 Å². The van der Waals surface area contributed by atoms with E-state index in [0.29, 0.717) is 18.9 Å². The van der Waals surface area contributed by atoms with Crippen molar-refractivity contribution in [1.29, 1.82) is 0 Å². The molecule has 0 spiro atoms. The lowest BCUT2D eigenvalue weighted by Gasteiger charge is -2.23. The molecule has 16 heavy (non-hydrogen) atoms. The maximum Gasteiger partial charge on any atom is 0.222 e. The smallest absolute Gasteiger partial charge is 0.222 e. The molecule has 0 aliphatic carbocycles. The lowest BCUT2D eigenvalue weighted by molar-refractivity contribution is -0.132. The molecule has 1 aliphatic heterocycles. The lowest BCUT2D eigenvalue weighted by Crippen LogP contribution is -2.42. The van der Waals surface area contributed by atoms with Gasteiger partial charge in [0.1, 0.15) is 0 Å². The first-order valence-electron chi connectivity index (χ1n) is 6.22. The molecule has 0 aromatic carbocycles. The van der Waals surface area contributed by atoms with Crippen LogP contribution in [0, 0.1) is 5.92 Å². The van der Waals surface area contributed by atoms with Gasteiger partial charge in [-0.05, 0) is 25.2 Å². The summed E-state index contributed by atoms with van der Waals surface area (Å²) in [5, 5.41) is 9.74. The Balaban J connectivity index is 2.43. The van der Waals surface area contributed by atoms with Crippen molar-refractivity contribution in [3.05, 3.63) is 0 Å². The number of likely N-dealkylation sites (tertiary alicyclic amines) is 1. The predicted octanol–water partition coefficient (Wildman–Crippen LogP) is 0.733. The van der Waals surface area contributed by atoms with Gasteiger partial charge < -0.3 is 15.7 Å². The normalized spacial score (nSPS) is 26.9. The van der Waals surface area contributed by atoms with Crippen LogP contribution in [0.15, 0.2) is 0 Å². The van der Waals surface area contributed by atoms with Crippen molar-refractivity contribution < 1.29 is 9.90 Å². The molecular weight excluding hydrogens is 204 g/mol. The van der Waals surface area contributed by atoms with E-state index in [2.05, 4.69) is 13.8 Å². The predicted molar refractivity (Wildman–Crippen MR) is 63.9 cm³/mol. The molecular formula is C12H24N2O2. The van der Waals surface area contributed by atoms with Gasteiger partial charge in [0.15, 0.2) is 0 Å². The van der Waals surface area contributed by atoms with Crippen LogP contribution < -0.4 is 5.73 Å². The fraction of sp³-hybridized carbons (Fsp3) is 0.917. The molecule has 1 fully saturated rings. The van der Waals surface area contributed by atoms with Crippen LogP contribution in [-0.4, -0.2) is 41.1 Å². The molecule has 0 aromatic heterocycles. The van der Waals surface area contributed by atoms with E-state index in [4.69, 9.17) is 5.73 Å². The molecule has 0 aromatic rings. The maximum atomic E-state index is 11.9. The van der Waals surface area contributed by atoms with Crippen LogP contribution in [0.25, 0.3) is 0 Å². The van der Waals surface area contributed by atoms with E-state index < -0.39 is 6.10 Å². The third kappa shape index (κ3) is 4.10. The van der Waals surface area contributed by atoms with Gasteiger partial charge in [-0.3, -0.25) is 4.79 Å². The summed E-state index contributed by atoms with van der Waals surface area (Å²) in [6.07, 6.45) is 2.63.